The summed E-state index contributed by atoms with van der Waals surface area (Å²) in [6.45, 7) is 4.08. The molecule has 1 heterocycles. The number of Topliss-reactive ketones (excluding diaryl/α,β-unsaturated/α-hetero) is 1. The first-order valence-corrected chi connectivity index (χ1v) is 13.4. The number of hydrogen-bond donors (Lipinski definition) is 2. The molecule has 2 N–H and O–H groups in total. The van der Waals surface area contributed by atoms with Crippen LogP contribution < -0.4 is 10.1 Å². The Kier molecular flexibility index (Phi) is 7.29. The molecule has 1 fully saturated rings. The molecule has 3 aliphatic rings. The highest BCUT2D eigenvalue weighted by atomic mass is 35.5. The largest absolute Gasteiger partial charge is 0.504 e. The van der Waals surface area contributed by atoms with Gasteiger partial charge >= 0.3 is 5.97 Å². The van der Waals surface area contributed by atoms with E-state index in [0.717, 1.165) is 36.9 Å². The Morgan fingerprint density at radius 3 is 2.49 bits per heavy atom. The summed E-state index contributed by atoms with van der Waals surface area (Å²) >= 11 is 6.08. The number of ketones is 1. The maximum absolute atomic E-state index is 13.8. The summed E-state index contributed by atoms with van der Waals surface area (Å²) < 4.78 is 11.6. The van der Waals surface area contributed by atoms with Crippen LogP contribution >= 0.6 is 11.6 Å². The lowest BCUT2D eigenvalue weighted by Crippen LogP contribution is -2.36. The lowest BCUT2D eigenvalue weighted by molar-refractivity contribution is -0.144. The first kappa shape index (κ1) is 25.4. The van der Waals surface area contributed by atoms with E-state index in [-0.39, 0.29) is 23.6 Å². The zero-order valence-corrected chi connectivity index (χ0v) is 21.9. The number of esters is 1. The van der Waals surface area contributed by atoms with Crippen molar-refractivity contribution in [1.29, 1.82) is 0 Å². The predicted octanol–water partition coefficient (Wildman–Crippen LogP) is 6.29. The SMILES string of the molecule is CCOc1cc(C2C(C(=O)OC3CCCC3)=C(C)NC3=C2C(=O)CC(c2ccc(Cl)cc2)C3)ccc1O. The van der Waals surface area contributed by atoms with Gasteiger partial charge in [0.2, 0.25) is 0 Å². The highest BCUT2D eigenvalue weighted by Gasteiger charge is 2.42. The van der Waals surface area contributed by atoms with Crippen molar-refractivity contribution in [2.45, 2.75) is 70.3 Å². The second-order valence-corrected chi connectivity index (χ2v) is 10.5. The minimum absolute atomic E-state index is 0.00950. The molecule has 2 atom stereocenters. The van der Waals surface area contributed by atoms with Gasteiger partial charge in [0.05, 0.1) is 12.2 Å². The number of phenols is 1. The fourth-order valence-electron chi connectivity index (χ4n) is 5.82. The average molecular weight is 522 g/mol. The van der Waals surface area contributed by atoms with Crippen molar-refractivity contribution in [3.05, 3.63) is 81.2 Å². The third-order valence-corrected chi connectivity index (χ3v) is 7.83. The second-order valence-electron chi connectivity index (χ2n) is 10.0. The molecule has 0 aromatic heterocycles. The molecule has 2 aromatic rings. The molecule has 5 rings (SSSR count). The van der Waals surface area contributed by atoms with Gasteiger partial charge in [0, 0.05) is 34.3 Å². The summed E-state index contributed by atoms with van der Waals surface area (Å²) in [6.07, 6.45) is 4.69. The number of phenolic OH excluding ortho intramolecular Hbond substituents is 1. The summed E-state index contributed by atoms with van der Waals surface area (Å²) in [4.78, 5) is 27.4. The molecule has 0 radical (unpaired) electrons. The molecule has 37 heavy (non-hydrogen) atoms. The second kappa shape index (κ2) is 10.6. The van der Waals surface area contributed by atoms with Gasteiger partial charge in [-0.2, -0.15) is 0 Å². The van der Waals surface area contributed by atoms with Crippen molar-refractivity contribution in [2.24, 2.45) is 0 Å². The topological polar surface area (TPSA) is 84.9 Å². The quantitative estimate of drug-likeness (QED) is 0.434. The van der Waals surface area contributed by atoms with Crippen molar-refractivity contribution >= 4 is 23.4 Å². The van der Waals surface area contributed by atoms with Gasteiger partial charge < -0.3 is 19.9 Å². The molecule has 0 spiro atoms. The van der Waals surface area contributed by atoms with Crippen LogP contribution in [0, 0.1) is 0 Å². The van der Waals surface area contributed by atoms with Crippen molar-refractivity contribution < 1.29 is 24.2 Å². The molecule has 7 heteroatoms. The summed E-state index contributed by atoms with van der Waals surface area (Å²) in [5.74, 6) is -0.666. The normalized spacial score (nSPS) is 22.1. The van der Waals surface area contributed by atoms with Crippen LogP contribution in [0.15, 0.2) is 65.0 Å². The van der Waals surface area contributed by atoms with E-state index in [0.29, 0.717) is 52.6 Å². The summed E-state index contributed by atoms with van der Waals surface area (Å²) in [5, 5.41) is 14.4. The number of rotatable bonds is 6. The Morgan fingerprint density at radius 1 is 1.08 bits per heavy atom. The Hall–Kier alpha value is -3.25. The summed E-state index contributed by atoms with van der Waals surface area (Å²) in [7, 11) is 0. The molecule has 2 aliphatic carbocycles. The third-order valence-electron chi connectivity index (χ3n) is 7.58. The fraction of sp³-hybridized carbons (Fsp3) is 0.400. The zero-order valence-electron chi connectivity index (χ0n) is 21.2. The van der Waals surface area contributed by atoms with Gasteiger partial charge in [0.15, 0.2) is 17.3 Å². The third kappa shape index (κ3) is 5.12. The Labute approximate surface area is 222 Å². The number of carbonyl (C=O) groups excluding carboxylic acids is 2. The molecule has 194 valence electrons. The van der Waals surface area contributed by atoms with E-state index < -0.39 is 11.9 Å². The number of hydrogen-bond acceptors (Lipinski definition) is 6. The number of carbonyl (C=O) groups is 2. The zero-order chi connectivity index (χ0) is 26.1. The van der Waals surface area contributed by atoms with E-state index >= 15 is 0 Å². The van der Waals surface area contributed by atoms with Gasteiger partial charge in [-0.05, 0) is 87.3 Å². The van der Waals surface area contributed by atoms with Crippen molar-refractivity contribution in [2.75, 3.05) is 6.61 Å². The average Bonchev–Trinajstić information content (AvgIpc) is 3.38. The lowest BCUT2D eigenvalue weighted by Gasteiger charge is -2.37. The van der Waals surface area contributed by atoms with Gasteiger partial charge in [-0.1, -0.05) is 29.8 Å². The summed E-state index contributed by atoms with van der Waals surface area (Å²) in [6, 6.07) is 12.7. The number of halogens is 1. The molecular formula is C30H32ClNO5. The van der Waals surface area contributed by atoms with Gasteiger partial charge in [0.1, 0.15) is 6.10 Å². The number of benzene rings is 2. The molecular weight excluding hydrogens is 490 g/mol. The Morgan fingerprint density at radius 2 is 1.78 bits per heavy atom. The van der Waals surface area contributed by atoms with Crippen LogP contribution in [0.25, 0.3) is 0 Å². The molecule has 6 nitrogen and oxygen atoms in total. The minimum Gasteiger partial charge on any atom is -0.504 e. The van der Waals surface area contributed by atoms with Gasteiger partial charge in [-0.3, -0.25) is 4.79 Å². The van der Waals surface area contributed by atoms with Crippen molar-refractivity contribution in [1.82, 2.24) is 5.32 Å². The van der Waals surface area contributed by atoms with Gasteiger partial charge in [-0.15, -0.1) is 0 Å². The van der Waals surface area contributed by atoms with Crippen molar-refractivity contribution in [3.8, 4) is 11.5 Å². The van der Waals surface area contributed by atoms with Gasteiger partial charge in [-0.25, -0.2) is 4.79 Å². The van der Waals surface area contributed by atoms with Crippen LogP contribution in [0.2, 0.25) is 5.02 Å². The van der Waals surface area contributed by atoms with Crippen LogP contribution in [0.3, 0.4) is 0 Å². The molecule has 0 bridgehead atoms. The fourth-order valence-corrected chi connectivity index (χ4v) is 5.94. The van der Waals surface area contributed by atoms with E-state index in [4.69, 9.17) is 21.1 Å². The minimum atomic E-state index is -0.608. The van der Waals surface area contributed by atoms with E-state index in [1.807, 2.05) is 38.1 Å². The molecule has 2 unspecified atom stereocenters. The Balaban J connectivity index is 1.56. The lowest BCUT2D eigenvalue weighted by atomic mass is 9.71. The van der Waals surface area contributed by atoms with Crippen LogP contribution in [0.1, 0.15) is 75.3 Å². The number of ether oxygens (including phenoxy) is 2. The van der Waals surface area contributed by atoms with Crippen LogP contribution in [-0.4, -0.2) is 29.6 Å². The molecule has 1 saturated carbocycles. The molecule has 1 aliphatic heterocycles. The number of nitrogens with one attached hydrogen (secondary N) is 1. The van der Waals surface area contributed by atoms with E-state index in [1.54, 1.807) is 18.2 Å². The Bertz CT molecular complexity index is 1270. The first-order chi connectivity index (χ1) is 17.9. The van der Waals surface area contributed by atoms with Crippen LogP contribution in [-0.2, 0) is 14.3 Å². The number of allylic oxidation sites excluding steroid dienone is 3. The predicted molar refractivity (Wildman–Crippen MR) is 142 cm³/mol. The van der Waals surface area contributed by atoms with Crippen LogP contribution in [0.4, 0.5) is 0 Å². The molecule has 0 amide bonds. The van der Waals surface area contributed by atoms with Gasteiger partial charge in [0.25, 0.3) is 0 Å². The first-order valence-electron chi connectivity index (χ1n) is 13.0. The van der Waals surface area contributed by atoms with E-state index in [9.17, 15) is 14.7 Å². The van der Waals surface area contributed by atoms with E-state index in [1.165, 1.54) is 0 Å². The highest BCUT2D eigenvalue weighted by molar-refractivity contribution is 6.30. The monoisotopic (exact) mass is 521 g/mol. The molecule has 2 aromatic carbocycles. The van der Waals surface area contributed by atoms with E-state index in [2.05, 4.69) is 5.32 Å². The maximum atomic E-state index is 13.8. The van der Waals surface area contributed by atoms with Crippen molar-refractivity contribution in [3.63, 3.8) is 0 Å². The summed E-state index contributed by atoms with van der Waals surface area (Å²) in [5.41, 5.74) is 4.30. The maximum Gasteiger partial charge on any atom is 0.337 e. The standard InChI is InChI=1S/C30H32ClNO5/c1-3-36-26-16-19(10-13-24(26)33)28-27(30(35)37-22-6-4-5-7-22)17(2)32-23-14-20(15-25(34)29(23)28)18-8-11-21(31)12-9-18/h8-13,16,20,22,28,32-33H,3-7,14-15H2,1-2H3. The molecule has 0 saturated heterocycles. The highest BCUT2D eigenvalue weighted by Crippen LogP contribution is 2.47. The van der Waals surface area contributed by atoms with Crippen LogP contribution in [0.5, 0.6) is 11.5 Å². The number of aromatic hydroxyl groups is 1. The number of dihydropyridines is 1. The smallest absolute Gasteiger partial charge is 0.337 e.